The lowest BCUT2D eigenvalue weighted by molar-refractivity contribution is -0.130. The van der Waals surface area contributed by atoms with E-state index in [9.17, 15) is 9.90 Å². The number of rotatable bonds is 7. The molecule has 0 bridgehead atoms. The van der Waals surface area contributed by atoms with Gasteiger partial charge in [0.1, 0.15) is 6.10 Å². The van der Waals surface area contributed by atoms with E-state index in [-0.39, 0.29) is 11.3 Å². The molecule has 0 aromatic carbocycles. The Morgan fingerprint density at radius 2 is 2.11 bits per heavy atom. The summed E-state index contributed by atoms with van der Waals surface area (Å²) in [5.41, 5.74) is 6.00. The van der Waals surface area contributed by atoms with Crippen molar-refractivity contribution in [3.05, 3.63) is 0 Å². The van der Waals surface area contributed by atoms with Crippen LogP contribution in [0.2, 0.25) is 0 Å². The van der Waals surface area contributed by atoms with Gasteiger partial charge in [-0.05, 0) is 36.7 Å². The standard InChI is InChI=1S/C13H26N2O2S/c1-13(6-3-4-7-13)9-15-12(17)11(16)10(14)5-8-18-2/h10-11,16H,3-9,14H2,1-2H3,(H,15,17). The molecule has 4 N–H and O–H groups in total. The fourth-order valence-corrected chi connectivity index (χ4v) is 2.92. The number of nitrogens with two attached hydrogens (primary N) is 1. The zero-order chi connectivity index (χ0) is 13.6. The van der Waals surface area contributed by atoms with E-state index in [0.717, 1.165) is 18.6 Å². The number of aliphatic hydroxyl groups excluding tert-OH is 1. The molecular weight excluding hydrogens is 248 g/mol. The van der Waals surface area contributed by atoms with Gasteiger partial charge in [0.05, 0.1) is 0 Å². The lowest BCUT2D eigenvalue weighted by Gasteiger charge is -2.25. The molecule has 1 amide bonds. The van der Waals surface area contributed by atoms with E-state index in [1.807, 2.05) is 6.26 Å². The third-order valence-electron chi connectivity index (χ3n) is 3.83. The SMILES string of the molecule is CSCCC(N)C(O)C(=O)NCC1(C)CCCC1. The van der Waals surface area contributed by atoms with Gasteiger partial charge in [0.2, 0.25) is 5.91 Å². The molecule has 0 aliphatic heterocycles. The quantitative estimate of drug-likeness (QED) is 0.650. The van der Waals surface area contributed by atoms with Gasteiger partial charge in [-0.2, -0.15) is 11.8 Å². The van der Waals surface area contributed by atoms with Crippen LogP contribution in [0.5, 0.6) is 0 Å². The summed E-state index contributed by atoms with van der Waals surface area (Å²) in [6.07, 6.45) is 6.35. The molecule has 106 valence electrons. The van der Waals surface area contributed by atoms with E-state index >= 15 is 0 Å². The third kappa shape index (κ3) is 4.78. The summed E-state index contributed by atoms with van der Waals surface area (Å²) < 4.78 is 0. The van der Waals surface area contributed by atoms with Gasteiger partial charge in [-0.3, -0.25) is 4.79 Å². The first-order valence-electron chi connectivity index (χ1n) is 6.69. The Bertz CT molecular complexity index is 268. The summed E-state index contributed by atoms with van der Waals surface area (Å²) in [6, 6.07) is -0.464. The van der Waals surface area contributed by atoms with Gasteiger partial charge in [-0.25, -0.2) is 0 Å². The predicted molar refractivity (Wildman–Crippen MR) is 76.6 cm³/mol. The highest BCUT2D eigenvalue weighted by Crippen LogP contribution is 2.36. The van der Waals surface area contributed by atoms with E-state index in [1.54, 1.807) is 11.8 Å². The van der Waals surface area contributed by atoms with Crippen LogP contribution in [0.4, 0.5) is 0 Å². The Morgan fingerprint density at radius 3 is 2.67 bits per heavy atom. The maximum Gasteiger partial charge on any atom is 0.250 e. The molecule has 1 rings (SSSR count). The second-order valence-corrected chi connectivity index (χ2v) is 6.61. The van der Waals surface area contributed by atoms with Crippen molar-refractivity contribution in [3.63, 3.8) is 0 Å². The van der Waals surface area contributed by atoms with Crippen LogP contribution in [-0.4, -0.2) is 41.7 Å². The Hall–Kier alpha value is -0.260. The van der Waals surface area contributed by atoms with Crippen LogP contribution in [0.3, 0.4) is 0 Å². The number of carbonyl (C=O) groups is 1. The number of hydrogen-bond acceptors (Lipinski definition) is 4. The average Bonchev–Trinajstić information content (AvgIpc) is 2.79. The van der Waals surface area contributed by atoms with Gasteiger partial charge in [0.25, 0.3) is 0 Å². The number of thioether (sulfide) groups is 1. The zero-order valence-electron chi connectivity index (χ0n) is 11.4. The third-order valence-corrected chi connectivity index (χ3v) is 4.47. The summed E-state index contributed by atoms with van der Waals surface area (Å²) in [4.78, 5) is 11.8. The van der Waals surface area contributed by atoms with Crippen LogP contribution in [0.25, 0.3) is 0 Å². The molecule has 1 aliphatic rings. The van der Waals surface area contributed by atoms with Crippen LogP contribution >= 0.6 is 11.8 Å². The van der Waals surface area contributed by atoms with Crippen molar-refractivity contribution in [1.29, 1.82) is 0 Å². The van der Waals surface area contributed by atoms with Crippen molar-refractivity contribution in [3.8, 4) is 0 Å². The van der Waals surface area contributed by atoms with Crippen molar-refractivity contribution in [2.75, 3.05) is 18.6 Å². The largest absolute Gasteiger partial charge is 0.382 e. The summed E-state index contributed by atoms with van der Waals surface area (Å²) in [7, 11) is 0. The van der Waals surface area contributed by atoms with Gasteiger partial charge >= 0.3 is 0 Å². The molecule has 2 atom stereocenters. The highest BCUT2D eigenvalue weighted by atomic mass is 32.2. The normalized spacial score (nSPS) is 21.6. The van der Waals surface area contributed by atoms with E-state index < -0.39 is 12.1 Å². The van der Waals surface area contributed by atoms with Crippen LogP contribution in [0.15, 0.2) is 0 Å². The topological polar surface area (TPSA) is 75.3 Å². The van der Waals surface area contributed by atoms with E-state index in [4.69, 9.17) is 5.73 Å². The Morgan fingerprint density at radius 1 is 1.50 bits per heavy atom. The maximum absolute atomic E-state index is 11.8. The molecular formula is C13H26N2O2S. The number of hydrogen-bond donors (Lipinski definition) is 3. The number of nitrogens with one attached hydrogen (secondary N) is 1. The fourth-order valence-electron chi connectivity index (χ4n) is 2.42. The number of aliphatic hydroxyl groups is 1. The molecule has 2 unspecified atom stereocenters. The van der Waals surface area contributed by atoms with Crippen molar-refractivity contribution < 1.29 is 9.90 Å². The fraction of sp³-hybridized carbons (Fsp3) is 0.923. The maximum atomic E-state index is 11.8. The first-order chi connectivity index (χ1) is 8.48. The summed E-state index contributed by atoms with van der Waals surface area (Å²) in [5, 5.41) is 12.7. The van der Waals surface area contributed by atoms with Gasteiger partial charge in [0.15, 0.2) is 0 Å². The van der Waals surface area contributed by atoms with Crippen molar-refractivity contribution in [2.45, 2.75) is 51.2 Å². The molecule has 5 heteroatoms. The van der Waals surface area contributed by atoms with Gasteiger partial charge in [0, 0.05) is 12.6 Å². The van der Waals surface area contributed by atoms with Gasteiger partial charge in [-0.15, -0.1) is 0 Å². The zero-order valence-corrected chi connectivity index (χ0v) is 12.3. The van der Waals surface area contributed by atoms with Crippen molar-refractivity contribution in [1.82, 2.24) is 5.32 Å². The molecule has 0 saturated heterocycles. The van der Waals surface area contributed by atoms with Crippen LogP contribution < -0.4 is 11.1 Å². The molecule has 1 saturated carbocycles. The second-order valence-electron chi connectivity index (χ2n) is 5.63. The highest BCUT2D eigenvalue weighted by molar-refractivity contribution is 7.98. The average molecular weight is 274 g/mol. The predicted octanol–water partition coefficient (Wildman–Crippen LogP) is 1.12. The lowest BCUT2D eigenvalue weighted by atomic mass is 9.89. The summed E-state index contributed by atoms with van der Waals surface area (Å²) in [6.45, 7) is 2.85. The minimum atomic E-state index is -1.08. The number of carbonyl (C=O) groups excluding carboxylic acids is 1. The Kier molecular flexibility index (Phi) is 6.46. The second kappa shape index (κ2) is 7.36. The molecule has 1 aliphatic carbocycles. The minimum absolute atomic E-state index is 0.207. The summed E-state index contributed by atoms with van der Waals surface area (Å²) in [5.74, 6) is 0.542. The molecule has 0 heterocycles. The minimum Gasteiger partial charge on any atom is -0.382 e. The summed E-state index contributed by atoms with van der Waals surface area (Å²) >= 11 is 1.67. The molecule has 0 aromatic heterocycles. The van der Waals surface area contributed by atoms with E-state index in [2.05, 4.69) is 12.2 Å². The Balaban J connectivity index is 2.30. The van der Waals surface area contributed by atoms with Crippen LogP contribution in [0.1, 0.15) is 39.0 Å². The highest BCUT2D eigenvalue weighted by Gasteiger charge is 2.30. The van der Waals surface area contributed by atoms with Gasteiger partial charge < -0.3 is 16.2 Å². The molecule has 0 aromatic rings. The van der Waals surface area contributed by atoms with Gasteiger partial charge in [-0.1, -0.05) is 19.8 Å². The van der Waals surface area contributed by atoms with Crippen LogP contribution in [-0.2, 0) is 4.79 Å². The smallest absolute Gasteiger partial charge is 0.250 e. The molecule has 4 nitrogen and oxygen atoms in total. The molecule has 0 spiro atoms. The first kappa shape index (κ1) is 15.8. The molecule has 1 fully saturated rings. The first-order valence-corrected chi connectivity index (χ1v) is 8.08. The molecule has 0 radical (unpaired) electrons. The van der Waals surface area contributed by atoms with E-state index in [1.165, 1.54) is 12.8 Å². The van der Waals surface area contributed by atoms with E-state index in [0.29, 0.717) is 13.0 Å². The monoisotopic (exact) mass is 274 g/mol. The van der Waals surface area contributed by atoms with Crippen molar-refractivity contribution >= 4 is 17.7 Å². The number of amides is 1. The Labute approximate surface area is 114 Å². The van der Waals surface area contributed by atoms with Crippen LogP contribution in [0, 0.1) is 5.41 Å². The lowest BCUT2D eigenvalue weighted by Crippen LogP contribution is -2.48. The molecule has 18 heavy (non-hydrogen) atoms. The van der Waals surface area contributed by atoms with Crippen molar-refractivity contribution in [2.24, 2.45) is 11.1 Å².